The first-order valence-electron chi connectivity index (χ1n) is 12.7. The number of nitrogens with two attached hydrogens (primary N) is 1. The molecule has 3 N–H and O–H groups in total. The number of imidazole rings is 1. The van der Waals surface area contributed by atoms with Crippen molar-refractivity contribution in [1.29, 1.82) is 0 Å². The number of amides is 2. The third kappa shape index (κ3) is 3.94. The number of ether oxygens (including phenoxy) is 2. The summed E-state index contributed by atoms with van der Waals surface area (Å²) in [5.41, 5.74) is 8.25. The van der Waals surface area contributed by atoms with Gasteiger partial charge in [0.25, 0.3) is 0 Å². The molecule has 4 heterocycles. The summed E-state index contributed by atoms with van der Waals surface area (Å²) in [5.74, 6) is 3.08. The van der Waals surface area contributed by atoms with Crippen LogP contribution in [0.15, 0.2) is 30.5 Å². The predicted molar refractivity (Wildman–Crippen MR) is 132 cm³/mol. The first kappa shape index (κ1) is 22.1. The van der Waals surface area contributed by atoms with E-state index in [1.807, 2.05) is 33.7 Å². The molecule has 2 amide bonds. The van der Waals surface area contributed by atoms with Crippen LogP contribution in [0.4, 0.5) is 5.95 Å². The molecule has 1 saturated heterocycles. The van der Waals surface area contributed by atoms with Gasteiger partial charge in [-0.2, -0.15) is 4.98 Å². The van der Waals surface area contributed by atoms with Crippen LogP contribution in [0.25, 0.3) is 17.2 Å². The van der Waals surface area contributed by atoms with Crippen LogP contribution in [0.2, 0.25) is 0 Å². The summed E-state index contributed by atoms with van der Waals surface area (Å²) in [7, 11) is 0. The van der Waals surface area contributed by atoms with Gasteiger partial charge in [0.05, 0.1) is 5.69 Å². The second-order valence-corrected chi connectivity index (χ2v) is 10.2. The lowest BCUT2D eigenvalue weighted by atomic mass is 10.1. The Bertz CT molecular complexity index is 1420. The van der Waals surface area contributed by atoms with Crippen molar-refractivity contribution in [1.82, 2.24) is 24.4 Å². The van der Waals surface area contributed by atoms with Crippen LogP contribution < -0.4 is 20.5 Å². The maximum Gasteiger partial charge on any atom is 0.231 e. The normalized spacial score (nSPS) is 21.8. The maximum atomic E-state index is 12.4. The van der Waals surface area contributed by atoms with Gasteiger partial charge in [0.1, 0.15) is 11.6 Å². The number of carbonyl (C=O) groups is 2. The Labute approximate surface area is 213 Å². The number of hydrogen-bond donors (Lipinski definition) is 2. The third-order valence-corrected chi connectivity index (χ3v) is 7.60. The molecular formula is C26H27N7O4. The number of likely N-dealkylation sites (tertiary alicyclic amines) is 1. The van der Waals surface area contributed by atoms with Gasteiger partial charge < -0.3 is 25.4 Å². The minimum absolute atomic E-state index is 0.0963. The van der Waals surface area contributed by atoms with Gasteiger partial charge in [0.2, 0.25) is 24.6 Å². The molecule has 2 atom stereocenters. The van der Waals surface area contributed by atoms with Crippen LogP contribution in [-0.4, -0.2) is 62.2 Å². The number of rotatable bonds is 6. The molecule has 0 radical (unpaired) electrons. The fourth-order valence-electron chi connectivity index (χ4n) is 5.48. The molecule has 0 bridgehead atoms. The number of nitrogens with one attached hydrogen (secondary N) is 1. The number of fused-ring (bicyclic) bond motifs is 2. The SMILES string of the molecule is NC(=O)C1Cc2nc(-c3ccc4c(c3)OCO4)n(-c3ccnc(N[C@H]4CCN(C(=O)C5CC5)C4)n3)c2C1. The van der Waals surface area contributed by atoms with Crippen LogP contribution in [0, 0.1) is 11.8 Å². The van der Waals surface area contributed by atoms with E-state index in [9.17, 15) is 9.59 Å². The van der Waals surface area contributed by atoms with Crippen molar-refractivity contribution in [2.45, 2.75) is 38.1 Å². The molecule has 190 valence electrons. The van der Waals surface area contributed by atoms with Crippen molar-refractivity contribution in [3.63, 3.8) is 0 Å². The Morgan fingerprint density at radius 1 is 1.03 bits per heavy atom. The van der Waals surface area contributed by atoms with Gasteiger partial charge in [-0.1, -0.05) is 0 Å². The lowest BCUT2D eigenvalue weighted by Crippen LogP contribution is -2.32. The highest BCUT2D eigenvalue weighted by Crippen LogP contribution is 2.39. The zero-order chi connectivity index (χ0) is 25.1. The molecule has 2 aliphatic heterocycles. The minimum atomic E-state index is -0.328. The molecule has 11 heteroatoms. The Morgan fingerprint density at radius 3 is 2.73 bits per heavy atom. The topological polar surface area (TPSA) is 137 Å². The van der Waals surface area contributed by atoms with Crippen molar-refractivity contribution >= 4 is 17.8 Å². The Balaban J connectivity index is 1.21. The first-order valence-corrected chi connectivity index (χ1v) is 12.7. The highest BCUT2D eigenvalue weighted by Gasteiger charge is 2.37. The molecule has 0 spiro atoms. The van der Waals surface area contributed by atoms with Crippen molar-refractivity contribution in [2.24, 2.45) is 17.6 Å². The van der Waals surface area contributed by atoms with E-state index in [1.54, 1.807) is 6.20 Å². The number of benzene rings is 1. The molecule has 1 saturated carbocycles. The predicted octanol–water partition coefficient (Wildman–Crippen LogP) is 1.68. The average molecular weight is 502 g/mol. The van der Waals surface area contributed by atoms with Crippen LogP contribution in [0.1, 0.15) is 30.7 Å². The summed E-state index contributed by atoms with van der Waals surface area (Å²) in [6.45, 7) is 1.60. The number of aromatic nitrogens is 4. The summed E-state index contributed by atoms with van der Waals surface area (Å²) in [5, 5.41) is 3.41. The van der Waals surface area contributed by atoms with E-state index >= 15 is 0 Å². The molecule has 2 aromatic heterocycles. The van der Waals surface area contributed by atoms with Crippen molar-refractivity contribution < 1.29 is 19.1 Å². The standard InChI is InChI=1S/C26H27N7O4/c27-23(34)16-9-18-19(10-16)33(24(30-18)15-3-4-20-21(11-15)37-13-36-20)22-5-7-28-26(31-22)29-17-6-8-32(12-17)25(35)14-1-2-14/h3-5,7,11,14,16-17H,1-2,6,8-10,12-13H2,(H2,27,34)(H,28,29,31)/t16?,17-/m0/s1. The highest BCUT2D eigenvalue weighted by atomic mass is 16.7. The Kier molecular flexibility index (Phi) is 5.05. The van der Waals surface area contributed by atoms with E-state index in [2.05, 4.69) is 10.3 Å². The van der Waals surface area contributed by atoms with Gasteiger partial charge in [0, 0.05) is 61.3 Å². The number of carbonyl (C=O) groups excluding carboxylic acids is 2. The van der Waals surface area contributed by atoms with Crippen LogP contribution in [-0.2, 0) is 22.4 Å². The van der Waals surface area contributed by atoms with Gasteiger partial charge in [-0.3, -0.25) is 14.2 Å². The van der Waals surface area contributed by atoms with Gasteiger partial charge in [0.15, 0.2) is 11.5 Å². The van der Waals surface area contributed by atoms with E-state index in [4.69, 9.17) is 25.2 Å². The summed E-state index contributed by atoms with van der Waals surface area (Å²) in [6.07, 6.45) is 5.58. The van der Waals surface area contributed by atoms with Gasteiger partial charge in [-0.05, 0) is 43.5 Å². The first-order chi connectivity index (χ1) is 18.0. The highest BCUT2D eigenvalue weighted by molar-refractivity contribution is 5.81. The second-order valence-electron chi connectivity index (χ2n) is 10.2. The fourth-order valence-corrected chi connectivity index (χ4v) is 5.48. The monoisotopic (exact) mass is 501 g/mol. The van der Waals surface area contributed by atoms with Gasteiger partial charge in [-0.15, -0.1) is 0 Å². The molecule has 4 aliphatic rings. The van der Waals surface area contributed by atoms with Crippen LogP contribution >= 0.6 is 0 Å². The molecule has 11 nitrogen and oxygen atoms in total. The molecule has 2 fully saturated rings. The van der Waals surface area contributed by atoms with E-state index in [0.717, 1.165) is 42.8 Å². The minimum Gasteiger partial charge on any atom is -0.454 e. The lowest BCUT2D eigenvalue weighted by Gasteiger charge is -2.17. The van der Waals surface area contributed by atoms with Crippen molar-refractivity contribution in [3.8, 4) is 28.7 Å². The summed E-state index contributed by atoms with van der Waals surface area (Å²) < 4.78 is 13.0. The van der Waals surface area contributed by atoms with E-state index in [0.29, 0.717) is 48.5 Å². The van der Waals surface area contributed by atoms with Crippen LogP contribution in [0.5, 0.6) is 11.5 Å². The molecule has 1 aromatic carbocycles. The van der Waals surface area contributed by atoms with Gasteiger partial charge in [-0.25, -0.2) is 9.97 Å². The van der Waals surface area contributed by atoms with Crippen LogP contribution in [0.3, 0.4) is 0 Å². The summed E-state index contributed by atoms with van der Waals surface area (Å²) in [6, 6.07) is 7.65. The Hall–Kier alpha value is -4.15. The second kappa shape index (κ2) is 8.46. The van der Waals surface area contributed by atoms with E-state index in [-0.39, 0.29) is 36.5 Å². The average Bonchev–Trinajstić information content (AvgIpc) is 3.23. The number of primary amides is 1. The largest absolute Gasteiger partial charge is 0.454 e. The molecule has 7 rings (SSSR count). The third-order valence-electron chi connectivity index (χ3n) is 7.60. The lowest BCUT2D eigenvalue weighted by molar-refractivity contribution is -0.131. The van der Waals surface area contributed by atoms with Crippen molar-refractivity contribution in [2.75, 3.05) is 25.2 Å². The molecule has 3 aromatic rings. The quantitative estimate of drug-likeness (QED) is 0.521. The molecule has 1 unspecified atom stereocenters. The smallest absolute Gasteiger partial charge is 0.231 e. The fraction of sp³-hybridized carbons (Fsp3) is 0.423. The summed E-state index contributed by atoms with van der Waals surface area (Å²) >= 11 is 0. The zero-order valence-corrected chi connectivity index (χ0v) is 20.2. The number of nitrogens with zero attached hydrogens (tertiary/aromatic N) is 5. The number of anilines is 1. The maximum absolute atomic E-state index is 12.4. The zero-order valence-electron chi connectivity index (χ0n) is 20.2. The molecule has 37 heavy (non-hydrogen) atoms. The van der Waals surface area contributed by atoms with Crippen molar-refractivity contribution in [3.05, 3.63) is 41.9 Å². The Morgan fingerprint density at radius 2 is 1.89 bits per heavy atom. The molecular weight excluding hydrogens is 474 g/mol. The number of hydrogen-bond acceptors (Lipinski definition) is 8. The summed E-state index contributed by atoms with van der Waals surface area (Å²) in [4.78, 5) is 40.5. The van der Waals surface area contributed by atoms with Gasteiger partial charge >= 0.3 is 0 Å². The van der Waals surface area contributed by atoms with E-state index in [1.165, 1.54) is 0 Å². The van der Waals surface area contributed by atoms with E-state index < -0.39 is 0 Å². The molecule has 2 aliphatic carbocycles.